The van der Waals surface area contributed by atoms with Gasteiger partial charge in [-0.1, -0.05) is 6.07 Å². The third-order valence-electron chi connectivity index (χ3n) is 3.80. The minimum absolute atomic E-state index is 0. The molecule has 0 aliphatic carbocycles. The first kappa shape index (κ1) is 20.1. The molecule has 5 nitrogen and oxygen atoms in total. The van der Waals surface area contributed by atoms with E-state index in [9.17, 15) is 8.42 Å². The summed E-state index contributed by atoms with van der Waals surface area (Å²) in [6.07, 6.45) is 4.25. The maximum Gasteiger partial charge on any atom is 0.243 e. The minimum atomic E-state index is -3.44. The maximum absolute atomic E-state index is 12.8. The number of benzene rings is 1. The van der Waals surface area contributed by atoms with Gasteiger partial charge in [0.15, 0.2) is 0 Å². The summed E-state index contributed by atoms with van der Waals surface area (Å²) in [6, 6.07) is 7.22. The summed E-state index contributed by atoms with van der Waals surface area (Å²) in [4.78, 5) is 4.41. The van der Waals surface area contributed by atoms with Crippen LogP contribution in [-0.4, -0.2) is 43.4 Å². The van der Waals surface area contributed by atoms with Crippen molar-refractivity contribution in [1.82, 2.24) is 14.6 Å². The standard InChI is InChI=1S/C15H19N3O2S.2ClH/c1-12-11-18(8-2-6-17-12)21(19,20)15-4-3-14-10-16-7-5-13(14)9-15;;/h3-5,7,9-10,12,17H,2,6,8,11H2,1H3;2*1H. The highest BCUT2D eigenvalue weighted by Gasteiger charge is 2.27. The minimum Gasteiger partial charge on any atom is -0.313 e. The molecule has 8 heteroatoms. The summed E-state index contributed by atoms with van der Waals surface area (Å²) >= 11 is 0. The SMILES string of the molecule is CC1CN(S(=O)(=O)c2ccc3cnccc3c2)CCCN1.Cl.Cl. The topological polar surface area (TPSA) is 62.3 Å². The zero-order chi connectivity index (χ0) is 14.9. The van der Waals surface area contributed by atoms with E-state index in [1.54, 1.807) is 28.8 Å². The van der Waals surface area contributed by atoms with E-state index in [1.807, 2.05) is 19.1 Å². The summed E-state index contributed by atoms with van der Waals surface area (Å²) in [7, 11) is -3.44. The van der Waals surface area contributed by atoms with Gasteiger partial charge in [0.1, 0.15) is 0 Å². The van der Waals surface area contributed by atoms with Gasteiger partial charge in [-0.05, 0) is 43.5 Å². The fourth-order valence-electron chi connectivity index (χ4n) is 2.65. The van der Waals surface area contributed by atoms with E-state index >= 15 is 0 Å². The molecule has 1 aromatic heterocycles. The van der Waals surface area contributed by atoms with Crippen molar-refractivity contribution >= 4 is 45.6 Å². The van der Waals surface area contributed by atoms with E-state index in [2.05, 4.69) is 10.3 Å². The number of hydrogen-bond donors (Lipinski definition) is 1. The van der Waals surface area contributed by atoms with E-state index in [0.29, 0.717) is 18.0 Å². The van der Waals surface area contributed by atoms with E-state index in [0.717, 1.165) is 23.7 Å². The van der Waals surface area contributed by atoms with E-state index in [-0.39, 0.29) is 30.9 Å². The molecule has 23 heavy (non-hydrogen) atoms. The number of sulfonamides is 1. The Labute approximate surface area is 149 Å². The van der Waals surface area contributed by atoms with Crippen molar-refractivity contribution in [2.75, 3.05) is 19.6 Å². The van der Waals surface area contributed by atoms with Crippen LogP contribution in [0, 0.1) is 0 Å². The predicted octanol–water partition coefficient (Wildman–Crippen LogP) is 2.45. The maximum atomic E-state index is 12.8. The van der Waals surface area contributed by atoms with Crippen LogP contribution < -0.4 is 5.32 Å². The molecular weight excluding hydrogens is 357 g/mol. The Morgan fingerprint density at radius 3 is 2.78 bits per heavy atom. The lowest BCUT2D eigenvalue weighted by molar-refractivity contribution is 0.403. The van der Waals surface area contributed by atoms with Crippen LogP contribution in [-0.2, 0) is 10.0 Å². The molecule has 2 aromatic rings. The lowest BCUT2D eigenvalue weighted by Gasteiger charge is -2.22. The average molecular weight is 378 g/mol. The van der Waals surface area contributed by atoms with Crippen LogP contribution in [0.4, 0.5) is 0 Å². The lowest BCUT2D eigenvalue weighted by atomic mass is 10.2. The first-order valence-corrected chi connectivity index (χ1v) is 8.59. The molecule has 1 unspecified atom stereocenters. The van der Waals surface area contributed by atoms with Crippen LogP contribution in [0.25, 0.3) is 10.8 Å². The van der Waals surface area contributed by atoms with Crippen LogP contribution in [0.2, 0.25) is 0 Å². The molecule has 1 atom stereocenters. The largest absolute Gasteiger partial charge is 0.313 e. The molecule has 1 aliphatic heterocycles. The Morgan fingerprint density at radius 1 is 1.22 bits per heavy atom. The van der Waals surface area contributed by atoms with Gasteiger partial charge in [0, 0.05) is 36.9 Å². The third-order valence-corrected chi connectivity index (χ3v) is 5.67. The number of nitrogens with one attached hydrogen (secondary N) is 1. The summed E-state index contributed by atoms with van der Waals surface area (Å²) in [6.45, 7) is 3.95. The molecule has 0 amide bonds. The monoisotopic (exact) mass is 377 g/mol. The summed E-state index contributed by atoms with van der Waals surface area (Å²) in [5.41, 5.74) is 0. The molecule has 1 aromatic carbocycles. The zero-order valence-corrected chi connectivity index (χ0v) is 15.3. The quantitative estimate of drug-likeness (QED) is 0.872. The van der Waals surface area contributed by atoms with Crippen molar-refractivity contribution in [2.24, 2.45) is 0 Å². The number of nitrogens with zero attached hydrogens (tertiary/aromatic N) is 2. The van der Waals surface area contributed by atoms with E-state index in [4.69, 9.17) is 0 Å². The predicted molar refractivity (Wildman–Crippen MR) is 97.1 cm³/mol. The molecule has 3 rings (SSSR count). The van der Waals surface area contributed by atoms with Gasteiger partial charge in [0.05, 0.1) is 4.90 Å². The highest BCUT2D eigenvalue weighted by atomic mass is 35.5. The Kier molecular flexibility index (Phi) is 7.23. The molecule has 0 bridgehead atoms. The first-order chi connectivity index (χ1) is 10.1. The number of halogens is 2. The molecule has 2 heterocycles. The Bertz CT molecular complexity index is 755. The summed E-state index contributed by atoms with van der Waals surface area (Å²) < 4.78 is 27.2. The number of hydrogen-bond acceptors (Lipinski definition) is 4. The molecule has 1 N–H and O–H groups in total. The van der Waals surface area contributed by atoms with Crippen molar-refractivity contribution in [3.05, 3.63) is 36.7 Å². The first-order valence-electron chi connectivity index (χ1n) is 7.15. The van der Waals surface area contributed by atoms with Gasteiger partial charge in [0.25, 0.3) is 0 Å². The van der Waals surface area contributed by atoms with Crippen molar-refractivity contribution < 1.29 is 8.42 Å². The summed E-state index contributed by atoms with van der Waals surface area (Å²) in [5.74, 6) is 0. The number of rotatable bonds is 2. The highest BCUT2D eigenvalue weighted by molar-refractivity contribution is 7.89. The number of fused-ring (bicyclic) bond motifs is 1. The second-order valence-electron chi connectivity index (χ2n) is 5.46. The Hall–Kier alpha value is -0.920. The molecule has 0 saturated carbocycles. The molecule has 1 fully saturated rings. The molecule has 1 saturated heterocycles. The van der Waals surface area contributed by atoms with Gasteiger partial charge in [-0.15, -0.1) is 24.8 Å². The van der Waals surface area contributed by atoms with Crippen LogP contribution in [0.3, 0.4) is 0 Å². The second-order valence-corrected chi connectivity index (χ2v) is 7.39. The van der Waals surface area contributed by atoms with Crippen LogP contribution in [0.15, 0.2) is 41.6 Å². The van der Waals surface area contributed by atoms with E-state index in [1.165, 1.54) is 0 Å². The lowest BCUT2D eigenvalue weighted by Crippen LogP contribution is -2.38. The molecule has 0 radical (unpaired) electrons. The fourth-order valence-corrected chi connectivity index (χ4v) is 4.26. The Morgan fingerprint density at radius 2 is 2.00 bits per heavy atom. The van der Waals surface area contributed by atoms with Gasteiger partial charge < -0.3 is 5.32 Å². The van der Waals surface area contributed by atoms with Gasteiger partial charge in [0.2, 0.25) is 10.0 Å². The van der Waals surface area contributed by atoms with Crippen molar-refractivity contribution in [3.8, 4) is 0 Å². The number of pyridine rings is 1. The summed E-state index contributed by atoms with van der Waals surface area (Å²) in [5, 5.41) is 5.16. The molecular formula is C15H21Cl2N3O2S. The van der Waals surface area contributed by atoms with Crippen molar-refractivity contribution in [2.45, 2.75) is 24.3 Å². The van der Waals surface area contributed by atoms with Gasteiger partial charge in [-0.2, -0.15) is 4.31 Å². The second kappa shape index (κ2) is 8.26. The molecule has 1 aliphatic rings. The van der Waals surface area contributed by atoms with Crippen molar-refractivity contribution in [3.63, 3.8) is 0 Å². The van der Waals surface area contributed by atoms with Gasteiger partial charge >= 0.3 is 0 Å². The average Bonchev–Trinajstić information content (AvgIpc) is 2.72. The van der Waals surface area contributed by atoms with Crippen LogP contribution >= 0.6 is 24.8 Å². The van der Waals surface area contributed by atoms with E-state index < -0.39 is 10.0 Å². The van der Waals surface area contributed by atoms with Gasteiger partial charge in [-0.25, -0.2) is 8.42 Å². The number of aromatic nitrogens is 1. The highest BCUT2D eigenvalue weighted by Crippen LogP contribution is 2.22. The van der Waals surface area contributed by atoms with Crippen molar-refractivity contribution in [1.29, 1.82) is 0 Å². The van der Waals surface area contributed by atoms with Crippen LogP contribution in [0.5, 0.6) is 0 Å². The molecule has 0 spiro atoms. The smallest absolute Gasteiger partial charge is 0.243 e. The fraction of sp³-hybridized carbons (Fsp3) is 0.400. The Balaban J connectivity index is 0.00000132. The molecule has 128 valence electrons. The van der Waals surface area contributed by atoms with Gasteiger partial charge in [-0.3, -0.25) is 4.98 Å². The third kappa shape index (κ3) is 4.33. The zero-order valence-electron chi connectivity index (χ0n) is 12.8. The normalized spacial score (nSPS) is 19.4. The van der Waals surface area contributed by atoms with Crippen LogP contribution in [0.1, 0.15) is 13.3 Å².